The van der Waals surface area contributed by atoms with Gasteiger partial charge in [-0.2, -0.15) is 0 Å². The van der Waals surface area contributed by atoms with Crippen molar-refractivity contribution in [2.75, 3.05) is 31.6 Å². The molecule has 1 amide bonds. The number of pyridine rings is 1. The van der Waals surface area contributed by atoms with Crippen molar-refractivity contribution in [3.05, 3.63) is 77.2 Å². The van der Waals surface area contributed by atoms with Crippen molar-refractivity contribution in [1.29, 1.82) is 0 Å². The van der Waals surface area contributed by atoms with Crippen LogP contribution in [0.3, 0.4) is 0 Å². The second-order valence-corrected chi connectivity index (χ2v) is 10.5. The number of amides is 1. The van der Waals surface area contributed by atoms with Crippen LogP contribution < -0.4 is 15.4 Å². The Bertz CT molecular complexity index is 1590. The molecule has 4 aromatic rings. The summed E-state index contributed by atoms with van der Waals surface area (Å²) in [6.07, 6.45) is 4.21. The van der Waals surface area contributed by atoms with Crippen LogP contribution in [0, 0.1) is 6.92 Å². The second-order valence-electron chi connectivity index (χ2n) is 10.5. The average Bonchev–Trinajstić information content (AvgIpc) is 2.97. The molecule has 0 saturated carbocycles. The molecule has 206 valence electrons. The Labute approximate surface area is 230 Å². The number of methoxy groups -OCH3 is 1. The molecule has 1 atom stereocenters. The van der Waals surface area contributed by atoms with Crippen LogP contribution in [0.1, 0.15) is 33.5 Å². The Morgan fingerprint density at radius 1 is 1.05 bits per heavy atom. The molecule has 2 N–H and O–H groups in total. The van der Waals surface area contributed by atoms with Gasteiger partial charge in [-0.25, -0.2) is 23.7 Å². The molecule has 0 spiro atoms. The molecular formula is C30H30F2N6O2. The van der Waals surface area contributed by atoms with Gasteiger partial charge in [-0.1, -0.05) is 6.07 Å². The molecule has 1 unspecified atom stereocenters. The number of aromatic nitrogens is 3. The Morgan fingerprint density at radius 3 is 2.65 bits per heavy atom. The number of nitrogens with two attached hydrogens (primary N) is 1. The number of carbonyl (C=O) groups excluding carboxylic acids is 1. The van der Waals surface area contributed by atoms with E-state index in [2.05, 4.69) is 32.0 Å². The lowest BCUT2D eigenvalue weighted by atomic mass is 9.95. The monoisotopic (exact) mass is 544 g/mol. The Morgan fingerprint density at radius 2 is 1.90 bits per heavy atom. The van der Waals surface area contributed by atoms with E-state index in [1.54, 1.807) is 25.7 Å². The van der Waals surface area contributed by atoms with E-state index in [1.807, 2.05) is 31.2 Å². The van der Waals surface area contributed by atoms with E-state index in [-0.39, 0.29) is 13.0 Å². The SMILES string of the molecule is COc1ccc(-c2cc(C)c3ncnc(N4CCc5ccc(C(=O)N6CCC(N)C(F)(F)C6)cc5C4)c3c2)cn1. The van der Waals surface area contributed by atoms with Crippen LogP contribution in [-0.4, -0.2) is 64.5 Å². The van der Waals surface area contributed by atoms with E-state index >= 15 is 0 Å². The van der Waals surface area contributed by atoms with Gasteiger partial charge in [0.2, 0.25) is 5.88 Å². The number of piperidine rings is 1. The maximum atomic E-state index is 14.2. The minimum absolute atomic E-state index is 0.0756. The van der Waals surface area contributed by atoms with Gasteiger partial charge in [0.1, 0.15) is 12.1 Å². The highest BCUT2D eigenvalue weighted by atomic mass is 19.3. The fourth-order valence-corrected chi connectivity index (χ4v) is 5.61. The molecule has 10 heteroatoms. The van der Waals surface area contributed by atoms with Gasteiger partial charge in [-0.3, -0.25) is 4.79 Å². The molecule has 1 fully saturated rings. The number of nitrogens with zero attached hydrogens (tertiary/aromatic N) is 5. The minimum Gasteiger partial charge on any atom is -0.481 e. The zero-order valence-corrected chi connectivity index (χ0v) is 22.4. The Hall–Kier alpha value is -4.18. The van der Waals surface area contributed by atoms with Crippen molar-refractivity contribution in [2.45, 2.75) is 38.3 Å². The van der Waals surface area contributed by atoms with Crippen molar-refractivity contribution < 1.29 is 18.3 Å². The van der Waals surface area contributed by atoms with Crippen LogP contribution in [-0.2, 0) is 13.0 Å². The van der Waals surface area contributed by atoms with Crippen LogP contribution in [0.25, 0.3) is 22.0 Å². The number of fused-ring (bicyclic) bond motifs is 2. The lowest BCUT2D eigenvalue weighted by Gasteiger charge is -2.36. The van der Waals surface area contributed by atoms with E-state index < -0.39 is 24.4 Å². The molecule has 2 aliphatic heterocycles. The molecule has 0 bridgehead atoms. The predicted molar refractivity (Wildman–Crippen MR) is 149 cm³/mol. The van der Waals surface area contributed by atoms with Gasteiger partial charge in [0, 0.05) is 48.4 Å². The quantitative estimate of drug-likeness (QED) is 0.407. The van der Waals surface area contributed by atoms with Crippen LogP contribution >= 0.6 is 0 Å². The van der Waals surface area contributed by atoms with Crippen molar-refractivity contribution >= 4 is 22.6 Å². The van der Waals surface area contributed by atoms with E-state index in [9.17, 15) is 13.6 Å². The molecule has 40 heavy (non-hydrogen) atoms. The summed E-state index contributed by atoms with van der Waals surface area (Å²) < 4.78 is 33.6. The largest absolute Gasteiger partial charge is 0.481 e. The summed E-state index contributed by atoms with van der Waals surface area (Å²) in [4.78, 5) is 30.1. The highest BCUT2D eigenvalue weighted by molar-refractivity contribution is 5.96. The van der Waals surface area contributed by atoms with Crippen LogP contribution in [0.15, 0.2) is 55.0 Å². The normalized spacial score (nSPS) is 18.5. The first-order valence-corrected chi connectivity index (χ1v) is 13.3. The molecule has 0 radical (unpaired) electrons. The van der Waals surface area contributed by atoms with Gasteiger partial charge in [-0.15, -0.1) is 0 Å². The zero-order valence-electron chi connectivity index (χ0n) is 22.4. The van der Waals surface area contributed by atoms with E-state index in [0.717, 1.165) is 57.5 Å². The number of hydrogen-bond donors (Lipinski definition) is 1. The van der Waals surface area contributed by atoms with Crippen LogP contribution in [0.2, 0.25) is 0 Å². The number of hydrogen-bond acceptors (Lipinski definition) is 7. The molecule has 4 heterocycles. The van der Waals surface area contributed by atoms with E-state index in [1.165, 1.54) is 4.90 Å². The van der Waals surface area contributed by atoms with E-state index in [0.29, 0.717) is 18.0 Å². The number of carbonyl (C=O) groups is 1. The molecule has 1 saturated heterocycles. The maximum absolute atomic E-state index is 14.2. The highest BCUT2D eigenvalue weighted by Crippen LogP contribution is 2.34. The zero-order chi connectivity index (χ0) is 28.0. The maximum Gasteiger partial charge on any atom is 0.280 e. The number of likely N-dealkylation sites (tertiary alicyclic amines) is 1. The summed E-state index contributed by atoms with van der Waals surface area (Å²) >= 11 is 0. The molecule has 2 aromatic carbocycles. The molecular weight excluding hydrogens is 514 g/mol. The lowest BCUT2D eigenvalue weighted by Crippen LogP contribution is -2.56. The summed E-state index contributed by atoms with van der Waals surface area (Å²) in [5.74, 6) is -2.13. The first-order valence-electron chi connectivity index (χ1n) is 13.3. The summed E-state index contributed by atoms with van der Waals surface area (Å²) in [5.41, 5.74) is 11.9. The van der Waals surface area contributed by atoms with Gasteiger partial charge in [0.25, 0.3) is 11.8 Å². The summed E-state index contributed by atoms with van der Waals surface area (Å²) in [6.45, 7) is 2.87. The topological polar surface area (TPSA) is 97.5 Å². The van der Waals surface area contributed by atoms with Gasteiger partial charge in [-0.05, 0) is 72.4 Å². The summed E-state index contributed by atoms with van der Waals surface area (Å²) in [7, 11) is 1.59. The molecule has 6 rings (SSSR count). The van der Waals surface area contributed by atoms with Crippen molar-refractivity contribution in [3.8, 4) is 17.0 Å². The van der Waals surface area contributed by atoms with Gasteiger partial charge >= 0.3 is 0 Å². The third-order valence-electron chi connectivity index (χ3n) is 7.89. The second kappa shape index (κ2) is 10.1. The van der Waals surface area contributed by atoms with Crippen LogP contribution in [0.4, 0.5) is 14.6 Å². The van der Waals surface area contributed by atoms with Gasteiger partial charge < -0.3 is 20.3 Å². The van der Waals surface area contributed by atoms with Gasteiger partial charge in [0.05, 0.1) is 25.2 Å². The molecule has 0 aliphatic carbocycles. The molecule has 8 nitrogen and oxygen atoms in total. The fraction of sp³-hybridized carbons (Fsp3) is 0.333. The third-order valence-corrected chi connectivity index (χ3v) is 7.89. The van der Waals surface area contributed by atoms with Crippen molar-refractivity contribution in [3.63, 3.8) is 0 Å². The number of anilines is 1. The Balaban J connectivity index is 1.31. The highest BCUT2D eigenvalue weighted by Gasteiger charge is 2.44. The van der Waals surface area contributed by atoms with Crippen LogP contribution in [0.5, 0.6) is 5.88 Å². The standard InChI is InChI=1S/C30H30F2N6O2/c1-18-11-22(21-5-6-26(40-2)34-14-21)13-24-27(18)35-17-36-28(24)37-9-7-19-3-4-20(12-23(19)15-37)29(39)38-10-8-25(33)30(31,32)16-38/h3-6,11-14,17,25H,7-10,15-16,33H2,1-2H3. The number of ether oxygens (including phenoxy) is 1. The van der Waals surface area contributed by atoms with Crippen molar-refractivity contribution in [2.24, 2.45) is 5.73 Å². The number of rotatable bonds is 4. The number of alkyl halides is 2. The Kier molecular flexibility index (Phi) is 6.58. The predicted octanol–water partition coefficient (Wildman–Crippen LogP) is 4.38. The minimum atomic E-state index is -3.09. The smallest absolute Gasteiger partial charge is 0.280 e. The first kappa shape index (κ1) is 26.1. The number of halogens is 2. The summed E-state index contributed by atoms with van der Waals surface area (Å²) in [6, 6.07) is 12.3. The number of benzene rings is 2. The average molecular weight is 545 g/mol. The fourth-order valence-electron chi connectivity index (χ4n) is 5.61. The molecule has 2 aliphatic rings. The van der Waals surface area contributed by atoms with Crippen molar-refractivity contribution in [1.82, 2.24) is 19.9 Å². The van der Waals surface area contributed by atoms with Gasteiger partial charge in [0.15, 0.2) is 0 Å². The summed E-state index contributed by atoms with van der Waals surface area (Å²) in [5, 5.41) is 0.927. The number of aryl methyl sites for hydroxylation is 1. The lowest BCUT2D eigenvalue weighted by molar-refractivity contribution is -0.0714. The first-order chi connectivity index (χ1) is 19.2. The van der Waals surface area contributed by atoms with E-state index in [4.69, 9.17) is 10.5 Å². The molecule has 2 aromatic heterocycles. The third kappa shape index (κ3) is 4.72.